The van der Waals surface area contributed by atoms with Gasteiger partial charge in [-0.2, -0.15) is 0 Å². The lowest BCUT2D eigenvalue weighted by Gasteiger charge is -2.22. The monoisotopic (exact) mass is 276 g/mol. The second-order valence-electron chi connectivity index (χ2n) is 5.19. The van der Waals surface area contributed by atoms with E-state index < -0.39 is 10.8 Å². The van der Waals surface area contributed by atoms with Gasteiger partial charge in [-0.3, -0.25) is 4.21 Å². The molecular weight excluding hydrogens is 256 g/mol. The Kier molecular flexibility index (Phi) is 3.99. The van der Waals surface area contributed by atoms with Gasteiger partial charge in [0.2, 0.25) is 0 Å². The fraction of sp³-hybridized carbons (Fsp3) is 0.467. The van der Waals surface area contributed by atoms with Crippen molar-refractivity contribution in [3.05, 3.63) is 36.0 Å². The average Bonchev–Trinajstić information content (AvgIpc) is 2.85. The first-order valence-electron chi connectivity index (χ1n) is 6.96. The molecule has 3 rings (SSSR count). The standard InChI is InChI=1S/C15H20N2OS/c18-19-9-6-13(7-10-19)16-8-5-12-11-17-15-4-2-1-3-14(12)15/h1-4,11,13,16-17H,5-10H2. The van der Waals surface area contributed by atoms with Crippen molar-refractivity contribution in [3.63, 3.8) is 0 Å². The molecule has 0 radical (unpaired) electrons. The van der Waals surface area contributed by atoms with E-state index in [0.29, 0.717) is 6.04 Å². The molecule has 1 saturated heterocycles. The zero-order valence-corrected chi connectivity index (χ0v) is 11.8. The topological polar surface area (TPSA) is 44.9 Å². The van der Waals surface area contributed by atoms with E-state index in [9.17, 15) is 4.21 Å². The summed E-state index contributed by atoms with van der Waals surface area (Å²) in [7, 11) is -0.560. The fourth-order valence-corrected chi connectivity index (χ4v) is 4.05. The minimum Gasteiger partial charge on any atom is -0.361 e. The lowest BCUT2D eigenvalue weighted by molar-refractivity contribution is 0.479. The lowest BCUT2D eigenvalue weighted by Crippen LogP contribution is -2.36. The first-order valence-corrected chi connectivity index (χ1v) is 8.45. The predicted octanol–water partition coefficient (Wildman–Crippen LogP) is 2.21. The zero-order chi connectivity index (χ0) is 13.1. The minimum atomic E-state index is -0.560. The zero-order valence-electron chi connectivity index (χ0n) is 11.0. The molecule has 1 aliphatic rings. The highest BCUT2D eigenvalue weighted by atomic mass is 32.2. The minimum absolute atomic E-state index is 0.558. The highest BCUT2D eigenvalue weighted by molar-refractivity contribution is 7.85. The molecule has 2 aromatic rings. The van der Waals surface area contributed by atoms with Crippen molar-refractivity contribution in [3.8, 4) is 0 Å². The lowest BCUT2D eigenvalue weighted by atomic mass is 10.1. The molecule has 1 aromatic heterocycles. The van der Waals surface area contributed by atoms with Crippen molar-refractivity contribution in [2.24, 2.45) is 0 Å². The second-order valence-corrected chi connectivity index (χ2v) is 6.88. The first-order chi connectivity index (χ1) is 9.33. The van der Waals surface area contributed by atoms with Crippen molar-refractivity contribution in [1.29, 1.82) is 0 Å². The van der Waals surface area contributed by atoms with Crippen LogP contribution in [0, 0.1) is 0 Å². The van der Waals surface area contributed by atoms with Crippen LogP contribution < -0.4 is 5.32 Å². The summed E-state index contributed by atoms with van der Waals surface area (Å²) >= 11 is 0. The van der Waals surface area contributed by atoms with Gasteiger partial charge in [0.05, 0.1) is 0 Å². The van der Waals surface area contributed by atoms with Gasteiger partial charge in [-0.05, 0) is 37.4 Å². The summed E-state index contributed by atoms with van der Waals surface area (Å²) in [6.07, 6.45) is 5.27. The smallest absolute Gasteiger partial charge is 0.0456 e. The van der Waals surface area contributed by atoms with Crippen LogP contribution in [0.4, 0.5) is 0 Å². The Balaban J connectivity index is 1.53. The van der Waals surface area contributed by atoms with Gasteiger partial charge in [0.25, 0.3) is 0 Å². The van der Waals surface area contributed by atoms with E-state index in [-0.39, 0.29) is 0 Å². The van der Waals surface area contributed by atoms with Crippen LogP contribution in [0.1, 0.15) is 18.4 Å². The highest BCUT2D eigenvalue weighted by Crippen LogP contribution is 2.18. The maximum absolute atomic E-state index is 11.3. The largest absolute Gasteiger partial charge is 0.361 e. The molecule has 0 spiro atoms. The molecule has 0 saturated carbocycles. The van der Waals surface area contributed by atoms with Crippen molar-refractivity contribution in [2.45, 2.75) is 25.3 Å². The van der Waals surface area contributed by atoms with Gasteiger partial charge in [0, 0.05) is 45.4 Å². The Bertz CT molecular complexity index is 568. The number of fused-ring (bicyclic) bond motifs is 1. The molecule has 1 fully saturated rings. The molecule has 0 unspecified atom stereocenters. The number of benzene rings is 1. The van der Waals surface area contributed by atoms with Crippen LogP contribution in [0.15, 0.2) is 30.5 Å². The molecule has 102 valence electrons. The highest BCUT2D eigenvalue weighted by Gasteiger charge is 2.16. The number of H-pyrrole nitrogens is 1. The Morgan fingerprint density at radius 1 is 1.26 bits per heavy atom. The number of hydrogen-bond acceptors (Lipinski definition) is 2. The quantitative estimate of drug-likeness (QED) is 0.899. The number of nitrogens with one attached hydrogen (secondary N) is 2. The van der Waals surface area contributed by atoms with Gasteiger partial charge in [-0.1, -0.05) is 18.2 Å². The summed E-state index contributed by atoms with van der Waals surface area (Å²) in [6, 6.07) is 8.99. The van der Waals surface area contributed by atoms with Crippen molar-refractivity contribution in [1.82, 2.24) is 10.3 Å². The van der Waals surface area contributed by atoms with Crippen LogP contribution in [0.25, 0.3) is 10.9 Å². The summed E-state index contributed by atoms with van der Waals surface area (Å²) in [5.74, 6) is 1.73. The summed E-state index contributed by atoms with van der Waals surface area (Å²) in [6.45, 7) is 0.999. The second kappa shape index (κ2) is 5.88. The van der Waals surface area contributed by atoms with Crippen molar-refractivity contribution < 1.29 is 4.21 Å². The van der Waals surface area contributed by atoms with E-state index in [1.165, 1.54) is 16.5 Å². The Morgan fingerprint density at radius 3 is 2.89 bits per heavy atom. The predicted molar refractivity (Wildman–Crippen MR) is 80.9 cm³/mol. The third kappa shape index (κ3) is 3.07. The van der Waals surface area contributed by atoms with Crippen LogP contribution >= 0.6 is 0 Å². The third-order valence-electron chi connectivity index (χ3n) is 3.89. The first kappa shape index (κ1) is 12.9. The molecule has 1 aromatic carbocycles. The molecule has 2 N–H and O–H groups in total. The third-order valence-corrected chi connectivity index (χ3v) is 5.27. The number of para-hydroxylation sites is 1. The molecule has 0 atom stereocenters. The van der Waals surface area contributed by atoms with Gasteiger partial charge in [0.1, 0.15) is 0 Å². The van der Waals surface area contributed by atoms with Gasteiger partial charge in [-0.25, -0.2) is 0 Å². The van der Waals surface area contributed by atoms with Crippen LogP contribution in [-0.4, -0.2) is 33.3 Å². The molecule has 0 bridgehead atoms. The SMILES string of the molecule is O=S1CCC(NCCc2c[nH]c3ccccc23)CC1. The van der Waals surface area contributed by atoms with Crippen LogP contribution in [0.2, 0.25) is 0 Å². The molecule has 0 amide bonds. The van der Waals surface area contributed by atoms with Gasteiger partial charge < -0.3 is 10.3 Å². The molecule has 4 heteroatoms. The molecular formula is C15H20N2OS. The van der Waals surface area contributed by atoms with Crippen molar-refractivity contribution in [2.75, 3.05) is 18.1 Å². The molecule has 0 aliphatic carbocycles. The summed E-state index contributed by atoms with van der Waals surface area (Å²) in [5.41, 5.74) is 2.59. The van der Waals surface area contributed by atoms with E-state index in [2.05, 4.69) is 40.8 Å². The van der Waals surface area contributed by atoms with Crippen LogP contribution in [0.3, 0.4) is 0 Å². The van der Waals surface area contributed by atoms with E-state index in [0.717, 1.165) is 37.3 Å². The van der Waals surface area contributed by atoms with Gasteiger partial charge in [0.15, 0.2) is 0 Å². The normalized spacial score (nSPS) is 23.8. The maximum atomic E-state index is 11.3. The molecule has 2 heterocycles. The Hall–Kier alpha value is -1.13. The van der Waals surface area contributed by atoms with E-state index in [4.69, 9.17) is 0 Å². The Morgan fingerprint density at radius 2 is 2.05 bits per heavy atom. The van der Waals surface area contributed by atoms with Crippen molar-refractivity contribution >= 4 is 21.7 Å². The van der Waals surface area contributed by atoms with Gasteiger partial charge in [-0.15, -0.1) is 0 Å². The van der Waals surface area contributed by atoms with Gasteiger partial charge >= 0.3 is 0 Å². The van der Waals surface area contributed by atoms with E-state index in [1.54, 1.807) is 0 Å². The number of aromatic amines is 1. The fourth-order valence-electron chi connectivity index (χ4n) is 2.75. The molecule has 19 heavy (non-hydrogen) atoms. The summed E-state index contributed by atoms with van der Waals surface area (Å²) < 4.78 is 11.3. The van der Waals surface area contributed by atoms with E-state index >= 15 is 0 Å². The molecule has 3 nitrogen and oxygen atoms in total. The number of hydrogen-bond donors (Lipinski definition) is 2. The Labute approximate surface area is 116 Å². The average molecular weight is 276 g/mol. The summed E-state index contributed by atoms with van der Waals surface area (Å²) in [5, 5.41) is 4.92. The number of rotatable bonds is 4. The van der Waals surface area contributed by atoms with Crippen LogP contribution in [0.5, 0.6) is 0 Å². The number of aromatic nitrogens is 1. The molecule has 1 aliphatic heterocycles. The van der Waals surface area contributed by atoms with E-state index in [1.807, 2.05) is 0 Å². The van der Waals surface area contributed by atoms with Crippen LogP contribution in [-0.2, 0) is 17.2 Å². The maximum Gasteiger partial charge on any atom is 0.0456 e. The summed E-state index contributed by atoms with van der Waals surface area (Å²) in [4.78, 5) is 3.31.